The first-order valence-corrected chi connectivity index (χ1v) is 22.1. The number of morpholine rings is 1. The van der Waals surface area contributed by atoms with E-state index in [4.69, 9.17) is 14.2 Å². The molecule has 0 atom stereocenters. The van der Waals surface area contributed by atoms with E-state index in [1.807, 2.05) is 35.2 Å². The number of fused-ring (bicyclic) bond motifs is 2. The highest BCUT2D eigenvalue weighted by Crippen LogP contribution is 2.39. The Morgan fingerprint density at radius 2 is 1.77 bits per heavy atom. The molecule has 61 heavy (non-hydrogen) atoms. The zero-order valence-corrected chi connectivity index (χ0v) is 35.1. The molecule has 4 aliphatic rings. The quantitative estimate of drug-likeness (QED) is 0.102. The second-order valence-electron chi connectivity index (χ2n) is 16.9. The van der Waals surface area contributed by atoms with Crippen molar-refractivity contribution < 1.29 is 33.7 Å². The fraction of sp³-hybridized carbons (Fsp3) is 0.511. The number of rotatable bonds is 16. The predicted octanol–water partition coefficient (Wildman–Crippen LogP) is 5.12. The molecule has 4 heterocycles. The number of nitrogens with zero attached hydrogens (tertiary/aromatic N) is 5. The minimum Gasteiger partial charge on any atom is -0.506 e. The maximum atomic E-state index is 13.6. The molecule has 4 aromatic rings. The number of carbonyl (C=O) groups is 3. The number of phenols is 1. The zero-order valence-electron chi connectivity index (χ0n) is 35.1. The first-order chi connectivity index (χ1) is 29.8. The van der Waals surface area contributed by atoms with Crippen LogP contribution in [0.2, 0.25) is 0 Å². The number of aromatic hydroxyl groups is 1. The van der Waals surface area contributed by atoms with Gasteiger partial charge in [0, 0.05) is 45.3 Å². The molecular weight excluding hydrogens is 775 g/mol. The standard InChI is InChI=1S/C47H59N7O7/c55-41-14-13-36(45-44(41)51-42(56)32-60-45)15-20-48-21-24-54(37-9-2-1-3-10-37)43(57)17-27-59-26-16-34-7-6-8-35(29-34)31-52-22-18-47(19-23-52)33-53(25-28-61-47)46(58)40-30-49-38-11-4-5-12-39(38)50-40/h4-8,11-14,29-30,37,48,55H,1-3,9-10,15-28,31-33H2,(H,51,56). The van der Waals surface area contributed by atoms with E-state index in [1.165, 1.54) is 17.5 Å². The summed E-state index contributed by atoms with van der Waals surface area (Å²) in [6.45, 7) is 7.15. The van der Waals surface area contributed by atoms with Gasteiger partial charge in [-0.15, -0.1) is 0 Å². The lowest BCUT2D eigenvalue weighted by atomic mass is 9.89. The van der Waals surface area contributed by atoms with Crippen molar-refractivity contribution in [3.05, 3.63) is 89.2 Å². The van der Waals surface area contributed by atoms with Crippen LogP contribution in [0.5, 0.6) is 11.5 Å². The average Bonchev–Trinajstić information content (AvgIpc) is 3.29. The molecule has 1 aliphatic carbocycles. The number of para-hydroxylation sites is 2. The summed E-state index contributed by atoms with van der Waals surface area (Å²) in [6.07, 6.45) is 10.7. The second-order valence-corrected chi connectivity index (χ2v) is 16.9. The van der Waals surface area contributed by atoms with Crippen molar-refractivity contribution >= 4 is 34.4 Å². The topological polar surface area (TPSA) is 159 Å². The number of ether oxygens (including phenoxy) is 3. The lowest BCUT2D eigenvalue weighted by molar-refractivity contribution is -0.135. The van der Waals surface area contributed by atoms with Crippen molar-refractivity contribution in [3.63, 3.8) is 0 Å². The highest BCUT2D eigenvalue weighted by Gasteiger charge is 2.41. The van der Waals surface area contributed by atoms with Gasteiger partial charge in [0.2, 0.25) is 5.91 Å². The summed E-state index contributed by atoms with van der Waals surface area (Å²) in [5.74, 6) is 0.291. The largest absolute Gasteiger partial charge is 0.506 e. The van der Waals surface area contributed by atoms with Gasteiger partial charge in [0.05, 0.1) is 55.6 Å². The van der Waals surface area contributed by atoms with Gasteiger partial charge in [0.15, 0.2) is 12.4 Å². The van der Waals surface area contributed by atoms with Crippen molar-refractivity contribution in [2.24, 2.45) is 0 Å². The summed E-state index contributed by atoms with van der Waals surface area (Å²) in [4.78, 5) is 54.3. The maximum Gasteiger partial charge on any atom is 0.274 e. The van der Waals surface area contributed by atoms with Crippen LogP contribution in [0.15, 0.2) is 66.9 Å². The third kappa shape index (κ3) is 10.8. The third-order valence-electron chi connectivity index (χ3n) is 12.6. The number of amides is 3. The van der Waals surface area contributed by atoms with E-state index < -0.39 is 0 Å². The SMILES string of the molecule is O=C1COc2c(CCNCCN(C(=O)CCOCCc3cccc(CN4CCC5(CC4)CN(C(=O)c4cnc6ccccc6n4)CCO5)c3)C3CCCCC3)ccc(O)c2N1. The highest BCUT2D eigenvalue weighted by atomic mass is 16.5. The van der Waals surface area contributed by atoms with Crippen LogP contribution in [-0.4, -0.2) is 131 Å². The van der Waals surface area contributed by atoms with Crippen molar-refractivity contribution in [2.45, 2.75) is 82.4 Å². The van der Waals surface area contributed by atoms with Crippen molar-refractivity contribution in [3.8, 4) is 11.5 Å². The van der Waals surface area contributed by atoms with E-state index in [2.05, 4.69) is 54.7 Å². The Kier molecular flexibility index (Phi) is 14.0. The van der Waals surface area contributed by atoms with Gasteiger partial charge in [0.25, 0.3) is 11.8 Å². The molecule has 0 bridgehead atoms. The van der Waals surface area contributed by atoms with Crippen LogP contribution in [-0.2, 0) is 38.4 Å². The molecule has 1 saturated carbocycles. The number of phenolic OH excluding ortho intramolecular Hbond substituents is 1. The minimum absolute atomic E-state index is 0.00659. The molecule has 0 unspecified atom stereocenters. The van der Waals surface area contributed by atoms with Crippen LogP contribution >= 0.6 is 0 Å². The van der Waals surface area contributed by atoms with Gasteiger partial charge < -0.3 is 39.8 Å². The molecule has 324 valence electrons. The number of carbonyl (C=O) groups excluding carboxylic acids is 3. The Morgan fingerprint density at radius 1 is 0.951 bits per heavy atom. The molecule has 3 aliphatic heterocycles. The molecule has 0 radical (unpaired) electrons. The van der Waals surface area contributed by atoms with E-state index in [-0.39, 0.29) is 41.7 Å². The Labute approximate surface area is 357 Å². The van der Waals surface area contributed by atoms with Crippen LogP contribution in [0.4, 0.5) is 5.69 Å². The van der Waals surface area contributed by atoms with Crippen LogP contribution in [0, 0.1) is 0 Å². The van der Waals surface area contributed by atoms with Crippen molar-refractivity contribution in [2.75, 3.05) is 77.6 Å². The average molecular weight is 834 g/mol. The van der Waals surface area contributed by atoms with Crippen LogP contribution in [0.25, 0.3) is 11.0 Å². The molecule has 3 fully saturated rings. The monoisotopic (exact) mass is 833 g/mol. The minimum atomic E-state index is -0.339. The summed E-state index contributed by atoms with van der Waals surface area (Å²) in [6, 6.07) is 20.0. The predicted molar refractivity (Wildman–Crippen MR) is 232 cm³/mol. The van der Waals surface area contributed by atoms with E-state index >= 15 is 0 Å². The molecule has 2 saturated heterocycles. The van der Waals surface area contributed by atoms with Crippen LogP contribution in [0.3, 0.4) is 0 Å². The maximum absolute atomic E-state index is 13.6. The Morgan fingerprint density at radius 3 is 2.62 bits per heavy atom. The summed E-state index contributed by atoms with van der Waals surface area (Å²) in [7, 11) is 0. The van der Waals surface area contributed by atoms with Gasteiger partial charge in [-0.05, 0) is 80.0 Å². The molecule has 8 rings (SSSR count). The van der Waals surface area contributed by atoms with Gasteiger partial charge in [0.1, 0.15) is 17.1 Å². The molecule has 3 N–H and O–H groups in total. The molecule has 14 nitrogen and oxygen atoms in total. The third-order valence-corrected chi connectivity index (χ3v) is 12.6. The van der Waals surface area contributed by atoms with Crippen molar-refractivity contribution in [1.29, 1.82) is 0 Å². The summed E-state index contributed by atoms with van der Waals surface area (Å²) >= 11 is 0. The molecular formula is C47H59N7O7. The fourth-order valence-corrected chi connectivity index (χ4v) is 9.26. The van der Waals surface area contributed by atoms with Gasteiger partial charge in [-0.1, -0.05) is 61.7 Å². The van der Waals surface area contributed by atoms with E-state index in [9.17, 15) is 19.5 Å². The normalized spacial score (nSPS) is 18.1. The smallest absolute Gasteiger partial charge is 0.274 e. The lowest BCUT2D eigenvalue weighted by Crippen LogP contribution is -2.58. The molecule has 3 amide bonds. The highest BCUT2D eigenvalue weighted by molar-refractivity contribution is 5.97. The zero-order chi connectivity index (χ0) is 42.0. The van der Waals surface area contributed by atoms with Gasteiger partial charge in [-0.2, -0.15) is 0 Å². The number of likely N-dealkylation sites (tertiary alicyclic amines) is 1. The molecule has 3 aromatic carbocycles. The molecule has 1 spiro atoms. The fourth-order valence-electron chi connectivity index (χ4n) is 9.26. The van der Waals surface area contributed by atoms with Crippen molar-refractivity contribution in [1.82, 2.24) is 30.0 Å². The van der Waals surface area contributed by atoms with E-state index in [1.54, 1.807) is 12.3 Å². The van der Waals surface area contributed by atoms with E-state index in [0.717, 1.165) is 81.2 Å². The Bertz CT molecular complexity index is 2150. The number of benzene rings is 3. The number of piperidine rings is 1. The van der Waals surface area contributed by atoms with Gasteiger partial charge >= 0.3 is 0 Å². The first-order valence-electron chi connectivity index (χ1n) is 22.1. The molecule has 14 heteroatoms. The number of aromatic nitrogens is 2. The first kappa shape index (κ1) is 42.5. The number of nitrogens with one attached hydrogen (secondary N) is 2. The Balaban J connectivity index is 0.747. The number of hydrogen-bond acceptors (Lipinski definition) is 11. The number of hydrogen-bond donors (Lipinski definition) is 3. The number of anilines is 1. The molecule has 1 aromatic heterocycles. The van der Waals surface area contributed by atoms with Gasteiger partial charge in [-0.3, -0.25) is 24.3 Å². The van der Waals surface area contributed by atoms with Gasteiger partial charge in [-0.25, -0.2) is 4.98 Å². The summed E-state index contributed by atoms with van der Waals surface area (Å²) < 4.78 is 18.0. The van der Waals surface area contributed by atoms with E-state index in [0.29, 0.717) is 82.5 Å². The summed E-state index contributed by atoms with van der Waals surface area (Å²) in [5, 5.41) is 16.3. The van der Waals surface area contributed by atoms with Crippen LogP contribution < -0.4 is 15.4 Å². The second kappa shape index (κ2) is 20.1. The van der Waals surface area contributed by atoms with Crippen LogP contribution in [0.1, 0.15) is 78.5 Å². The summed E-state index contributed by atoms with van der Waals surface area (Å²) in [5.41, 5.74) is 5.27. The lowest BCUT2D eigenvalue weighted by Gasteiger charge is -2.47. The Hall–Kier alpha value is -5.15.